The van der Waals surface area contributed by atoms with Gasteiger partial charge < -0.3 is 11.1 Å². The van der Waals surface area contributed by atoms with Crippen LogP contribution in [0.2, 0.25) is 0 Å². The van der Waals surface area contributed by atoms with E-state index in [-0.39, 0.29) is 24.4 Å². The third-order valence-electron chi connectivity index (χ3n) is 2.13. The highest BCUT2D eigenvalue weighted by atomic mass is 35.5. The topological polar surface area (TPSA) is 55.1 Å². The van der Waals surface area contributed by atoms with E-state index in [1.54, 1.807) is 6.92 Å². The van der Waals surface area contributed by atoms with E-state index in [4.69, 9.17) is 5.73 Å². The molecule has 0 bridgehead atoms. The van der Waals surface area contributed by atoms with Crippen LogP contribution in [0.4, 0.5) is 0 Å². The number of nitrogens with one attached hydrogen (secondary N) is 1. The monoisotopic (exact) mass is 236 g/mol. The number of amides is 1. The second-order valence-electron chi connectivity index (χ2n) is 5.30. The van der Waals surface area contributed by atoms with Crippen molar-refractivity contribution in [3.05, 3.63) is 0 Å². The van der Waals surface area contributed by atoms with Gasteiger partial charge in [-0.25, -0.2) is 0 Å². The van der Waals surface area contributed by atoms with Gasteiger partial charge in [0, 0.05) is 6.04 Å². The van der Waals surface area contributed by atoms with Gasteiger partial charge in [-0.15, -0.1) is 12.4 Å². The van der Waals surface area contributed by atoms with Gasteiger partial charge in [-0.3, -0.25) is 4.79 Å². The van der Waals surface area contributed by atoms with Crippen molar-refractivity contribution < 1.29 is 4.79 Å². The molecule has 0 rings (SSSR count). The van der Waals surface area contributed by atoms with Gasteiger partial charge in [-0.2, -0.15) is 0 Å². The first-order valence-corrected chi connectivity index (χ1v) is 5.28. The lowest BCUT2D eigenvalue weighted by Gasteiger charge is -2.22. The first kappa shape index (κ1) is 17.1. The van der Waals surface area contributed by atoms with Crippen molar-refractivity contribution in [3.63, 3.8) is 0 Å². The van der Waals surface area contributed by atoms with E-state index in [0.717, 1.165) is 12.8 Å². The van der Waals surface area contributed by atoms with Crippen molar-refractivity contribution in [1.29, 1.82) is 0 Å². The average molecular weight is 237 g/mol. The minimum Gasteiger partial charge on any atom is -0.352 e. The molecule has 3 nitrogen and oxygen atoms in total. The second kappa shape index (κ2) is 7.07. The van der Waals surface area contributed by atoms with Gasteiger partial charge in [0.2, 0.25) is 5.91 Å². The van der Waals surface area contributed by atoms with E-state index in [9.17, 15) is 4.79 Å². The Labute approximate surface area is 99.6 Å². The molecule has 0 aliphatic heterocycles. The molecule has 0 aromatic carbocycles. The summed E-state index contributed by atoms with van der Waals surface area (Å²) in [6.45, 7) is 10.3. The van der Waals surface area contributed by atoms with Gasteiger partial charge in [0.05, 0.1) is 6.04 Å². The highest BCUT2D eigenvalue weighted by Gasteiger charge is 2.15. The van der Waals surface area contributed by atoms with Crippen LogP contribution in [0, 0.1) is 5.41 Å². The molecule has 92 valence electrons. The molecular formula is C11H25ClN2O. The predicted octanol–water partition coefficient (Wildman–Crippen LogP) is 2.09. The maximum Gasteiger partial charge on any atom is 0.236 e. The molecule has 4 heteroatoms. The fourth-order valence-electron chi connectivity index (χ4n) is 1.10. The quantitative estimate of drug-likeness (QED) is 0.786. The largest absolute Gasteiger partial charge is 0.352 e. The third kappa shape index (κ3) is 10.0. The Balaban J connectivity index is 0. The molecule has 0 fully saturated rings. The molecule has 1 unspecified atom stereocenters. The smallest absolute Gasteiger partial charge is 0.236 e. The molecule has 3 N–H and O–H groups in total. The third-order valence-corrected chi connectivity index (χ3v) is 2.13. The lowest BCUT2D eigenvalue weighted by Crippen LogP contribution is -2.42. The molecule has 0 heterocycles. The second-order valence-corrected chi connectivity index (χ2v) is 5.30. The lowest BCUT2D eigenvalue weighted by molar-refractivity contribution is -0.122. The Morgan fingerprint density at radius 1 is 1.33 bits per heavy atom. The van der Waals surface area contributed by atoms with Gasteiger partial charge in [0.15, 0.2) is 0 Å². The molecule has 0 aliphatic carbocycles. The van der Waals surface area contributed by atoms with E-state index in [0.29, 0.717) is 5.41 Å². The maximum atomic E-state index is 11.2. The molecule has 15 heavy (non-hydrogen) atoms. The van der Waals surface area contributed by atoms with E-state index >= 15 is 0 Å². The van der Waals surface area contributed by atoms with Crippen molar-refractivity contribution >= 4 is 18.3 Å². The summed E-state index contributed by atoms with van der Waals surface area (Å²) in [6.07, 6.45) is 2.11. The van der Waals surface area contributed by atoms with E-state index < -0.39 is 6.04 Å². The Morgan fingerprint density at radius 2 is 1.80 bits per heavy atom. The minimum atomic E-state index is -0.410. The molecule has 0 radical (unpaired) electrons. The summed E-state index contributed by atoms with van der Waals surface area (Å²) in [7, 11) is 0. The molecule has 0 spiro atoms. The van der Waals surface area contributed by atoms with E-state index in [1.807, 2.05) is 6.92 Å². The van der Waals surface area contributed by atoms with Crippen molar-refractivity contribution in [3.8, 4) is 0 Å². The molecular weight excluding hydrogens is 212 g/mol. The summed E-state index contributed by atoms with van der Waals surface area (Å²) in [5.41, 5.74) is 5.78. The van der Waals surface area contributed by atoms with Gasteiger partial charge in [0.1, 0.15) is 0 Å². The first-order chi connectivity index (χ1) is 6.22. The molecule has 0 saturated carbocycles. The molecule has 2 atom stereocenters. The number of rotatable bonds is 4. The van der Waals surface area contributed by atoms with Crippen molar-refractivity contribution in [2.75, 3.05) is 0 Å². The van der Waals surface area contributed by atoms with Crippen LogP contribution in [0.25, 0.3) is 0 Å². The number of carbonyl (C=O) groups is 1. The van der Waals surface area contributed by atoms with Gasteiger partial charge in [0.25, 0.3) is 0 Å². The van der Waals surface area contributed by atoms with Crippen molar-refractivity contribution in [2.45, 2.75) is 59.5 Å². The Morgan fingerprint density at radius 3 is 2.13 bits per heavy atom. The van der Waals surface area contributed by atoms with E-state index in [1.165, 1.54) is 0 Å². The zero-order chi connectivity index (χ0) is 11.4. The SMILES string of the molecule is CC(CCC(C)(C)C)NC(=O)[C@H](C)N.Cl. The number of halogens is 1. The zero-order valence-corrected chi connectivity index (χ0v) is 11.3. The summed E-state index contributed by atoms with van der Waals surface area (Å²) in [6, 6.07) is -0.195. The summed E-state index contributed by atoms with van der Waals surface area (Å²) in [5, 5.41) is 2.89. The van der Waals surface area contributed by atoms with Crippen LogP contribution in [0.5, 0.6) is 0 Å². The number of carbonyl (C=O) groups excluding carboxylic acids is 1. The fraction of sp³-hybridized carbons (Fsp3) is 0.909. The summed E-state index contributed by atoms with van der Waals surface area (Å²) in [5.74, 6) is -0.0635. The normalized spacial score (nSPS) is 15.1. The summed E-state index contributed by atoms with van der Waals surface area (Å²) in [4.78, 5) is 11.2. The van der Waals surface area contributed by atoms with Crippen LogP contribution in [0.1, 0.15) is 47.5 Å². The highest BCUT2D eigenvalue weighted by Crippen LogP contribution is 2.21. The zero-order valence-electron chi connectivity index (χ0n) is 10.5. The maximum absolute atomic E-state index is 11.2. The number of hydrogen-bond acceptors (Lipinski definition) is 2. The summed E-state index contributed by atoms with van der Waals surface area (Å²) >= 11 is 0. The highest BCUT2D eigenvalue weighted by molar-refractivity contribution is 5.85. The molecule has 0 aromatic rings. The molecule has 0 saturated heterocycles. The van der Waals surface area contributed by atoms with Crippen molar-refractivity contribution in [1.82, 2.24) is 5.32 Å². The average Bonchev–Trinajstić information content (AvgIpc) is 1.99. The van der Waals surface area contributed by atoms with E-state index in [2.05, 4.69) is 26.1 Å². The predicted molar refractivity (Wildman–Crippen MR) is 67.2 cm³/mol. The van der Waals surface area contributed by atoms with Crippen LogP contribution in [0.3, 0.4) is 0 Å². The fourth-order valence-corrected chi connectivity index (χ4v) is 1.10. The first-order valence-electron chi connectivity index (χ1n) is 5.28. The summed E-state index contributed by atoms with van der Waals surface area (Å²) < 4.78 is 0. The van der Waals surface area contributed by atoms with Gasteiger partial charge in [-0.05, 0) is 32.1 Å². The number of nitrogens with two attached hydrogens (primary N) is 1. The van der Waals surface area contributed by atoms with Crippen LogP contribution < -0.4 is 11.1 Å². The molecule has 1 amide bonds. The Kier molecular flexibility index (Phi) is 8.07. The van der Waals surface area contributed by atoms with Crippen LogP contribution in [0.15, 0.2) is 0 Å². The van der Waals surface area contributed by atoms with Gasteiger partial charge in [-0.1, -0.05) is 20.8 Å². The Hall–Kier alpha value is -0.280. The lowest BCUT2D eigenvalue weighted by atomic mass is 9.89. The van der Waals surface area contributed by atoms with Crippen molar-refractivity contribution in [2.24, 2.45) is 11.1 Å². The van der Waals surface area contributed by atoms with Crippen LogP contribution in [-0.4, -0.2) is 18.0 Å². The van der Waals surface area contributed by atoms with Crippen LogP contribution in [-0.2, 0) is 4.79 Å². The minimum absolute atomic E-state index is 0. The van der Waals surface area contributed by atoms with Crippen LogP contribution >= 0.6 is 12.4 Å². The number of hydrogen-bond donors (Lipinski definition) is 2. The molecule has 0 aliphatic rings. The Bertz CT molecular complexity index is 188. The molecule has 0 aromatic heterocycles. The standard InChI is InChI=1S/C11H24N2O.ClH/c1-8(6-7-11(3,4)5)13-10(14)9(2)12;/h8-9H,6-7,12H2,1-5H3,(H,13,14);1H/t8?,9-;/m0./s1. The van der Waals surface area contributed by atoms with Gasteiger partial charge >= 0.3 is 0 Å².